The van der Waals surface area contributed by atoms with E-state index < -0.39 is 8.32 Å². The minimum absolute atomic E-state index is 0.751. The summed E-state index contributed by atoms with van der Waals surface area (Å²) in [7, 11) is -1.67. The van der Waals surface area contributed by atoms with Gasteiger partial charge in [0.25, 0.3) is 0 Å². The van der Waals surface area contributed by atoms with Crippen molar-refractivity contribution in [2.75, 3.05) is 6.61 Å². The molecule has 0 rings (SSSR count). The van der Waals surface area contributed by atoms with Crippen LogP contribution in [0.2, 0.25) is 6.55 Å². The van der Waals surface area contributed by atoms with Crippen LogP contribution in [0.15, 0.2) is 24.6 Å². The molecule has 0 radical (unpaired) electrons. The number of hydrogen-bond donors (Lipinski definition) is 0. The van der Waals surface area contributed by atoms with Gasteiger partial charge in [-0.15, -0.1) is 13.2 Å². The molecular formula is C7H14OSi. The maximum atomic E-state index is 5.43. The maximum absolute atomic E-state index is 5.43. The molecule has 0 N–H and O–H groups in total. The van der Waals surface area contributed by atoms with Crippen molar-refractivity contribution in [1.29, 1.82) is 0 Å². The summed E-state index contributed by atoms with van der Waals surface area (Å²) in [4.78, 5) is 0. The van der Waals surface area contributed by atoms with Crippen LogP contribution in [-0.2, 0) is 4.43 Å². The highest BCUT2D eigenvalue weighted by molar-refractivity contribution is 6.82. The summed E-state index contributed by atoms with van der Waals surface area (Å²) in [5.74, 6) is 0. The van der Waals surface area contributed by atoms with E-state index in [1.54, 1.807) is 0 Å². The third-order valence-electron chi connectivity index (χ3n) is 1.27. The van der Waals surface area contributed by atoms with E-state index in [4.69, 9.17) is 4.43 Å². The second kappa shape index (κ2) is 3.64. The molecule has 0 aromatic heterocycles. The fourth-order valence-corrected chi connectivity index (χ4v) is 1.54. The molecule has 0 aliphatic carbocycles. The Kier molecular flexibility index (Phi) is 3.50. The highest BCUT2D eigenvalue weighted by atomic mass is 28.4. The Morgan fingerprint density at radius 3 is 2.00 bits per heavy atom. The Labute approximate surface area is 58.2 Å². The second-order valence-corrected chi connectivity index (χ2v) is 5.50. The molecule has 0 heterocycles. The van der Waals surface area contributed by atoms with Crippen LogP contribution < -0.4 is 0 Å². The first-order valence-electron chi connectivity index (χ1n) is 3.09. The van der Waals surface area contributed by atoms with Gasteiger partial charge in [-0.05, 0) is 13.5 Å². The molecule has 0 saturated heterocycles. The van der Waals surface area contributed by atoms with Crippen LogP contribution in [0.1, 0.15) is 6.92 Å². The standard InChI is InChI=1S/C7H14OSi/c1-5-8-9(4,6-2)7-3/h6-7H,2-3,5H2,1,4H3. The number of hydrogen-bond acceptors (Lipinski definition) is 1. The van der Waals surface area contributed by atoms with Crippen molar-refractivity contribution in [2.24, 2.45) is 0 Å². The predicted molar refractivity (Wildman–Crippen MR) is 43.6 cm³/mol. The van der Waals surface area contributed by atoms with Gasteiger partial charge in [0.2, 0.25) is 8.32 Å². The van der Waals surface area contributed by atoms with E-state index in [9.17, 15) is 0 Å². The van der Waals surface area contributed by atoms with Gasteiger partial charge in [0, 0.05) is 6.61 Å². The first-order valence-corrected chi connectivity index (χ1v) is 5.66. The van der Waals surface area contributed by atoms with Crippen LogP contribution in [-0.4, -0.2) is 14.9 Å². The molecule has 2 heteroatoms. The number of rotatable bonds is 4. The van der Waals surface area contributed by atoms with Crippen molar-refractivity contribution < 1.29 is 4.43 Å². The first kappa shape index (κ1) is 8.66. The molecule has 1 nitrogen and oxygen atoms in total. The fourth-order valence-electron chi connectivity index (χ4n) is 0.512. The zero-order valence-electron chi connectivity index (χ0n) is 6.18. The van der Waals surface area contributed by atoms with E-state index in [1.165, 1.54) is 0 Å². The molecular weight excluding hydrogens is 128 g/mol. The van der Waals surface area contributed by atoms with Crippen molar-refractivity contribution in [3.05, 3.63) is 24.6 Å². The van der Waals surface area contributed by atoms with Gasteiger partial charge in [-0.2, -0.15) is 0 Å². The Bertz CT molecular complexity index is 101. The zero-order valence-corrected chi connectivity index (χ0v) is 7.18. The second-order valence-electron chi connectivity index (χ2n) is 2.03. The Morgan fingerprint density at radius 1 is 1.44 bits per heavy atom. The molecule has 0 aromatic carbocycles. The van der Waals surface area contributed by atoms with Crippen molar-refractivity contribution >= 4 is 8.32 Å². The quantitative estimate of drug-likeness (QED) is 0.546. The Morgan fingerprint density at radius 2 is 1.89 bits per heavy atom. The third-order valence-corrected chi connectivity index (χ3v) is 3.80. The summed E-state index contributed by atoms with van der Waals surface area (Å²) >= 11 is 0. The molecule has 0 atom stereocenters. The molecule has 0 aliphatic rings. The maximum Gasteiger partial charge on any atom is 0.237 e. The average molecular weight is 142 g/mol. The van der Waals surface area contributed by atoms with Crippen LogP contribution in [0.5, 0.6) is 0 Å². The first-order chi connectivity index (χ1) is 4.18. The molecule has 52 valence electrons. The van der Waals surface area contributed by atoms with Crippen molar-refractivity contribution in [3.63, 3.8) is 0 Å². The van der Waals surface area contributed by atoms with E-state index in [0.29, 0.717) is 0 Å². The molecule has 0 amide bonds. The van der Waals surface area contributed by atoms with E-state index in [-0.39, 0.29) is 0 Å². The summed E-state index contributed by atoms with van der Waals surface area (Å²) in [6.07, 6.45) is 0. The van der Waals surface area contributed by atoms with Crippen LogP contribution in [0.4, 0.5) is 0 Å². The van der Waals surface area contributed by atoms with Gasteiger partial charge in [0.15, 0.2) is 0 Å². The van der Waals surface area contributed by atoms with Crippen LogP contribution >= 0.6 is 0 Å². The normalized spacial score (nSPS) is 10.9. The van der Waals surface area contributed by atoms with Gasteiger partial charge in [-0.3, -0.25) is 0 Å². The predicted octanol–water partition coefficient (Wildman–Crippen LogP) is 2.05. The SMILES string of the molecule is C=C[Si](C)(C=C)OCC. The summed E-state index contributed by atoms with van der Waals surface area (Å²) in [5, 5.41) is 0. The van der Waals surface area contributed by atoms with Gasteiger partial charge in [0.1, 0.15) is 0 Å². The largest absolute Gasteiger partial charge is 0.410 e. The lowest BCUT2D eigenvalue weighted by Crippen LogP contribution is -2.29. The zero-order chi connectivity index (χ0) is 7.33. The Hall–Kier alpha value is -0.343. The molecule has 0 aliphatic heterocycles. The average Bonchev–Trinajstić information content (AvgIpc) is 1.89. The fraction of sp³-hybridized carbons (Fsp3) is 0.429. The summed E-state index contributed by atoms with van der Waals surface area (Å²) in [5.41, 5.74) is 3.76. The minimum Gasteiger partial charge on any atom is -0.410 e. The van der Waals surface area contributed by atoms with Crippen molar-refractivity contribution in [1.82, 2.24) is 0 Å². The van der Waals surface area contributed by atoms with E-state index in [1.807, 2.05) is 18.3 Å². The lowest BCUT2D eigenvalue weighted by atomic mass is 10.9. The van der Waals surface area contributed by atoms with E-state index in [2.05, 4.69) is 19.7 Å². The summed E-state index contributed by atoms with van der Waals surface area (Å²) in [6.45, 7) is 12.2. The smallest absolute Gasteiger partial charge is 0.237 e. The van der Waals surface area contributed by atoms with Gasteiger partial charge in [0.05, 0.1) is 0 Å². The van der Waals surface area contributed by atoms with Crippen LogP contribution in [0.3, 0.4) is 0 Å². The highest BCUT2D eigenvalue weighted by Crippen LogP contribution is 2.05. The Balaban J connectivity index is 3.91. The van der Waals surface area contributed by atoms with E-state index in [0.717, 1.165) is 6.61 Å². The van der Waals surface area contributed by atoms with Gasteiger partial charge < -0.3 is 4.43 Å². The van der Waals surface area contributed by atoms with E-state index >= 15 is 0 Å². The molecule has 0 aromatic rings. The molecule has 0 saturated carbocycles. The monoisotopic (exact) mass is 142 g/mol. The molecule has 0 unspecified atom stereocenters. The molecule has 0 spiro atoms. The molecule has 9 heavy (non-hydrogen) atoms. The summed E-state index contributed by atoms with van der Waals surface area (Å²) < 4.78 is 5.43. The van der Waals surface area contributed by atoms with Gasteiger partial charge in [-0.25, -0.2) is 0 Å². The summed E-state index contributed by atoms with van der Waals surface area (Å²) in [6, 6.07) is 0. The topological polar surface area (TPSA) is 9.23 Å². The van der Waals surface area contributed by atoms with Crippen molar-refractivity contribution in [2.45, 2.75) is 13.5 Å². The third kappa shape index (κ3) is 2.63. The van der Waals surface area contributed by atoms with Gasteiger partial charge >= 0.3 is 0 Å². The minimum atomic E-state index is -1.67. The lowest BCUT2D eigenvalue weighted by molar-refractivity contribution is 0.342. The van der Waals surface area contributed by atoms with Crippen LogP contribution in [0, 0.1) is 0 Å². The van der Waals surface area contributed by atoms with Crippen molar-refractivity contribution in [3.8, 4) is 0 Å². The lowest BCUT2D eigenvalue weighted by Gasteiger charge is -2.16. The molecule has 0 fully saturated rings. The van der Waals surface area contributed by atoms with Gasteiger partial charge in [-0.1, -0.05) is 11.4 Å². The molecule has 0 bridgehead atoms. The highest BCUT2D eigenvalue weighted by Gasteiger charge is 2.18. The van der Waals surface area contributed by atoms with Crippen LogP contribution in [0.25, 0.3) is 0 Å².